The van der Waals surface area contributed by atoms with Gasteiger partial charge in [0.05, 0.1) is 12.7 Å². The van der Waals surface area contributed by atoms with E-state index in [-0.39, 0.29) is 0 Å². The van der Waals surface area contributed by atoms with E-state index < -0.39 is 12.2 Å². The third-order valence-corrected chi connectivity index (χ3v) is 3.71. The minimum Gasteiger partial charge on any atom is -0.493 e. The summed E-state index contributed by atoms with van der Waals surface area (Å²) in [7, 11) is 0. The Labute approximate surface area is 121 Å². The molecular weight excluding hydrogens is 308 g/mol. The van der Waals surface area contributed by atoms with Gasteiger partial charge < -0.3 is 14.9 Å². The number of rotatable bonds is 5. The standard InChI is InChI=1S/C15H17BrO3/c1-2-19-13-8-7-10-5-3-4-6-11(10)14(13)15(18)12(17)9-16/h3-8,12,15,17-18H,2,9H2,1H3. The zero-order valence-electron chi connectivity index (χ0n) is 10.7. The number of ether oxygens (including phenoxy) is 1. The van der Waals surface area contributed by atoms with E-state index in [1.165, 1.54) is 0 Å². The fraction of sp³-hybridized carbons (Fsp3) is 0.333. The van der Waals surface area contributed by atoms with Crippen LogP contribution in [0.4, 0.5) is 0 Å². The predicted octanol–water partition coefficient (Wildman–Crippen LogP) is 3.03. The molecule has 0 amide bonds. The van der Waals surface area contributed by atoms with Gasteiger partial charge in [-0.25, -0.2) is 0 Å². The van der Waals surface area contributed by atoms with Crippen LogP contribution in [0, 0.1) is 0 Å². The summed E-state index contributed by atoms with van der Waals surface area (Å²) in [6, 6.07) is 11.6. The second-order valence-electron chi connectivity index (χ2n) is 4.30. The maximum absolute atomic E-state index is 10.3. The van der Waals surface area contributed by atoms with Crippen molar-refractivity contribution in [2.75, 3.05) is 11.9 Å². The van der Waals surface area contributed by atoms with Gasteiger partial charge in [0.1, 0.15) is 11.9 Å². The van der Waals surface area contributed by atoms with Gasteiger partial charge >= 0.3 is 0 Å². The SMILES string of the molecule is CCOc1ccc2ccccc2c1C(O)C(O)CBr. The molecule has 2 aromatic carbocycles. The zero-order valence-corrected chi connectivity index (χ0v) is 12.3. The molecule has 0 spiro atoms. The second kappa shape index (κ2) is 6.37. The summed E-state index contributed by atoms with van der Waals surface area (Å²) in [5.74, 6) is 0.619. The molecular formula is C15H17BrO3. The maximum Gasteiger partial charge on any atom is 0.125 e. The Morgan fingerprint density at radius 2 is 1.89 bits per heavy atom. The molecule has 2 aromatic rings. The van der Waals surface area contributed by atoms with Crippen molar-refractivity contribution in [2.24, 2.45) is 0 Å². The van der Waals surface area contributed by atoms with Crippen molar-refractivity contribution < 1.29 is 14.9 Å². The highest BCUT2D eigenvalue weighted by atomic mass is 79.9. The molecule has 0 saturated carbocycles. The molecule has 3 nitrogen and oxygen atoms in total. The number of hydrogen-bond acceptors (Lipinski definition) is 3. The van der Waals surface area contributed by atoms with E-state index in [9.17, 15) is 10.2 Å². The first kappa shape index (κ1) is 14.3. The van der Waals surface area contributed by atoms with Crippen LogP contribution in [-0.2, 0) is 0 Å². The fourth-order valence-electron chi connectivity index (χ4n) is 2.14. The number of hydrogen-bond donors (Lipinski definition) is 2. The first-order chi connectivity index (χ1) is 9.19. The van der Waals surface area contributed by atoms with E-state index in [2.05, 4.69) is 15.9 Å². The van der Waals surface area contributed by atoms with Gasteiger partial charge in [-0.1, -0.05) is 46.3 Å². The molecule has 0 saturated heterocycles. The van der Waals surface area contributed by atoms with E-state index in [0.717, 1.165) is 10.8 Å². The van der Waals surface area contributed by atoms with E-state index in [0.29, 0.717) is 23.2 Å². The van der Waals surface area contributed by atoms with Crippen molar-refractivity contribution in [3.05, 3.63) is 42.0 Å². The fourth-order valence-corrected chi connectivity index (χ4v) is 2.49. The molecule has 0 fully saturated rings. The summed E-state index contributed by atoms with van der Waals surface area (Å²) < 4.78 is 5.57. The molecule has 0 heterocycles. The van der Waals surface area contributed by atoms with E-state index in [1.54, 1.807) is 0 Å². The van der Waals surface area contributed by atoms with Crippen LogP contribution in [0.1, 0.15) is 18.6 Å². The Kier molecular flexibility index (Phi) is 4.80. The number of alkyl halides is 1. The van der Waals surface area contributed by atoms with Crippen molar-refractivity contribution in [2.45, 2.75) is 19.1 Å². The first-order valence-electron chi connectivity index (χ1n) is 6.25. The molecule has 0 bridgehead atoms. The number of aliphatic hydroxyl groups is 2. The first-order valence-corrected chi connectivity index (χ1v) is 7.37. The van der Waals surface area contributed by atoms with Crippen LogP contribution >= 0.6 is 15.9 Å². The third kappa shape index (κ3) is 2.91. The lowest BCUT2D eigenvalue weighted by Crippen LogP contribution is -2.20. The van der Waals surface area contributed by atoms with E-state index in [1.807, 2.05) is 43.3 Å². The summed E-state index contributed by atoms with van der Waals surface area (Å²) in [4.78, 5) is 0. The lowest BCUT2D eigenvalue weighted by molar-refractivity contribution is 0.0334. The molecule has 19 heavy (non-hydrogen) atoms. The predicted molar refractivity (Wildman–Crippen MR) is 79.9 cm³/mol. The minimum atomic E-state index is -0.980. The smallest absolute Gasteiger partial charge is 0.125 e. The Morgan fingerprint density at radius 3 is 2.58 bits per heavy atom. The van der Waals surface area contributed by atoms with Gasteiger partial charge in [0.2, 0.25) is 0 Å². The molecule has 0 radical (unpaired) electrons. The van der Waals surface area contributed by atoms with Crippen LogP contribution in [0.5, 0.6) is 5.75 Å². The lowest BCUT2D eigenvalue weighted by atomic mass is 9.97. The van der Waals surface area contributed by atoms with Crippen molar-refractivity contribution in [1.82, 2.24) is 0 Å². The third-order valence-electron chi connectivity index (χ3n) is 3.05. The average molecular weight is 325 g/mol. The van der Waals surface area contributed by atoms with Crippen LogP contribution in [0.3, 0.4) is 0 Å². The topological polar surface area (TPSA) is 49.7 Å². The van der Waals surface area contributed by atoms with Crippen molar-refractivity contribution in [3.63, 3.8) is 0 Å². The molecule has 2 N–H and O–H groups in total. The zero-order chi connectivity index (χ0) is 13.8. The molecule has 0 aliphatic rings. The van der Waals surface area contributed by atoms with Gasteiger partial charge in [0.15, 0.2) is 0 Å². The average Bonchev–Trinajstić information content (AvgIpc) is 2.45. The van der Waals surface area contributed by atoms with Crippen LogP contribution in [0.25, 0.3) is 10.8 Å². The van der Waals surface area contributed by atoms with Crippen LogP contribution in [0.15, 0.2) is 36.4 Å². The molecule has 2 unspecified atom stereocenters. The minimum absolute atomic E-state index is 0.308. The number of aliphatic hydroxyl groups excluding tert-OH is 2. The van der Waals surface area contributed by atoms with Crippen LogP contribution in [0.2, 0.25) is 0 Å². The molecule has 0 aromatic heterocycles. The second-order valence-corrected chi connectivity index (χ2v) is 4.95. The summed E-state index contributed by atoms with van der Waals surface area (Å²) in [6.45, 7) is 2.41. The van der Waals surface area contributed by atoms with E-state index >= 15 is 0 Å². The van der Waals surface area contributed by atoms with Gasteiger partial charge in [0, 0.05) is 10.9 Å². The summed E-state index contributed by atoms with van der Waals surface area (Å²) >= 11 is 3.19. The van der Waals surface area contributed by atoms with Gasteiger partial charge in [-0.2, -0.15) is 0 Å². The van der Waals surface area contributed by atoms with Crippen LogP contribution in [-0.4, -0.2) is 28.3 Å². The largest absolute Gasteiger partial charge is 0.493 e. The van der Waals surface area contributed by atoms with Gasteiger partial charge in [-0.3, -0.25) is 0 Å². The van der Waals surface area contributed by atoms with Crippen molar-refractivity contribution in [1.29, 1.82) is 0 Å². The Balaban J connectivity index is 2.61. The summed E-state index contributed by atoms with van der Waals surface area (Å²) in [6.07, 6.45) is -1.85. The van der Waals surface area contributed by atoms with Gasteiger partial charge in [-0.15, -0.1) is 0 Å². The Bertz CT molecular complexity index is 556. The quantitative estimate of drug-likeness (QED) is 0.831. The highest BCUT2D eigenvalue weighted by Gasteiger charge is 2.23. The highest BCUT2D eigenvalue weighted by molar-refractivity contribution is 9.09. The maximum atomic E-state index is 10.3. The monoisotopic (exact) mass is 324 g/mol. The summed E-state index contributed by atoms with van der Waals surface area (Å²) in [5, 5.41) is 22.4. The Hall–Kier alpha value is -1.10. The normalized spacial score (nSPS) is 14.3. The number of halogens is 1. The van der Waals surface area contributed by atoms with Crippen molar-refractivity contribution in [3.8, 4) is 5.75 Å². The molecule has 4 heteroatoms. The van der Waals surface area contributed by atoms with E-state index in [4.69, 9.17) is 4.74 Å². The molecule has 2 rings (SSSR count). The number of benzene rings is 2. The highest BCUT2D eigenvalue weighted by Crippen LogP contribution is 2.35. The van der Waals surface area contributed by atoms with Crippen LogP contribution < -0.4 is 4.74 Å². The summed E-state index contributed by atoms with van der Waals surface area (Å²) in [5.41, 5.74) is 0.645. The van der Waals surface area contributed by atoms with Gasteiger partial charge in [0.25, 0.3) is 0 Å². The van der Waals surface area contributed by atoms with Crippen molar-refractivity contribution >= 4 is 26.7 Å². The molecule has 0 aliphatic carbocycles. The number of fused-ring (bicyclic) bond motifs is 1. The molecule has 0 aliphatic heterocycles. The lowest BCUT2D eigenvalue weighted by Gasteiger charge is -2.21. The molecule has 102 valence electrons. The molecule has 2 atom stereocenters. The van der Waals surface area contributed by atoms with Gasteiger partial charge in [-0.05, 0) is 23.8 Å². The Morgan fingerprint density at radius 1 is 1.16 bits per heavy atom.